The highest BCUT2D eigenvalue weighted by atomic mass is 16.5. The van der Waals surface area contributed by atoms with Crippen molar-refractivity contribution in [2.24, 2.45) is 4.99 Å². The van der Waals surface area contributed by atoms with Crippen LogP contribution >= 0.6 is 0 Å². The number of nitrogens with one attached hydrogen (secondary N) is 1. The maximum atomic E-state index is 6.07. The van der Waals surface area contributed by atoms with Gasteiger partial charge >= 0.3 is 0 Å². The zero-order valence-corrected chi connectivity index (χ0v) is 17.1. The van der Waals surface area contributed by atoms with Crippen LogP contribution in [0.5, 0.6) is 5.75 Å². The third-order valence-corrected chi connectivity index (χ3v) is 6.17. The normalized spacial score (nSPS) is 26.3. The Hall–Kier alpha value is -1.99. The predicted molar refractivity (Wildman–Crippen MR) is 112 cm³/mol. The van der Waals surface area contributed by atoms with Crippen LogP contribution in [0.2, 0.25) is 0 Å². The number of fused-ring (bicyclic) bond motifs is 1. The zero-order chi connectivity index (χ0) is 19.3. The molecule has 28 heavy (non-hydrogen) atoms. The van der Waals surface area contributed by atoms with E-state index in [4.69, 9.17) is 9.47 Å². The van der Waals surface area contributed by atoms with Crippen LogP contribution in [0.3, 0.4) is 0 Å². The zero-order valence-electron chi connectivity index (χ0n) is 17.1. The van der Waals surface area contributed by atoms with Gasteiger partial charge in [0.25, 0.3) is 0 Å². The highest BCUT2D eigenvalue weighted by molar-refractivity contribution is 5.80. The maximum Gasteiger partial charge on any atom is 0.193 e. The minimum Gasteiger partial charge on any atom is -0.495 e. The molecule has 3 saturated heterocycles. The van der Waals surface area contributed by atoms with Gasteiger partial charge in [-0.15, -0.1) is 0 Å². The Balaban J connectivity index is 1.27. The van der Waals surface area contributed by atoms with Crippen LogP contribution < -0.4 is 15.0 Å². The molecule has 7 heteroatoms. The number of morpholine rings is 1. The third-order valence-electron chi connectivity index (χ3n) is 6.17. The Labute approximate surface area is 168 Å². The van der Waals surface area contributed by atoms with Gasteiger partial charge in [0.15, 0.2) is 5.96 Å². The van der Waals surface area contributed by atoms with Crippen LogP contribution in [0, 0.1) is 0 Å². The lowest BCUT2D eigenvalue weighted by Gasteiger charge is -2.39. The molecule has 4 rings (SSSR count). The molecule has 1 aromatic carbocycles. The van der Waals surface area contributed by atoms with E-state index in [0.717, 1.165) is 57.6 Å². The van der Waals surface area contributed by atoms with Gasteiger partial charge in [-0.2, -0.15) is 0 Å². The molecule has 2 unspecified atom stereocenters. The largest absolute Gasteiger partial charge is 0.495 e. The standard InChI is InChI=1S/C21H33N5O2/c1-22-21(23-14-18-15-26-9-5-6-17(26)16-28-18)25-12-10-24(11-13-25)19-7-3-4-8-20(19)27-2/h3-4,7-8,17-18H,5-6,9-16H2,1-2H3,(H,22,23). The predicted octanol–water partition coefficient (Wildman–Crippen LogP) is 1.26. The summed E-state index contributed by atoms with van der Waals surface area (Å²) >= 11 is 0. The van der Waals surface area contributed by atoms with E-state index in [-0.39, 0.29) is 6.10 Å². The van der Waals surface area contributed by atoms with Crippen LogP contribution in [-0.4, -0.2) is 94.5 Å². The van der Waals surface area contributed by atoms with Gasteiger partial charge in [-0.1, -0.05) is 12.1 Å². The van der Waals surface area contributed by atoms with Gasteiger partial charge in [0, 0.05) is 52.4 Å². The SMILES string of the molecule is CN=C(NCC1CN2CCCC2CO1)N1CCN(c2ccccc2OC)CC1. The number of para-hydroxylation sites is 2. The quantitative estimate of drug-likeness (QED) is 0.620. The van der Waals surface area contributed by atoms with Crippen molar-refractivity contribution < 1.29 is 9.47 Å². The lowest BCUT2D eigenvalue weighted by Crippen LogP contribution is -2.55. The summed E-state index contributed by atoms with van der Waals surface area (Å²) in [5.41, 5.74) is 1.17. The van der Waals surface area contributed by atoms with Crippen molar-refractivity contribution in [1.29, 1.82) is 0 Å². The van der Waals surface area contributed by atoms with E-state index in [1.807, 2.05) is 19.2 Å². The van der Waals surface area contributed by atoms with Gasteiger partial charge in [0.2, 0.25) is 0 Å². The van der Waals surface area contributed by atoms with Crippen molar-refractivity contribution in [3.8, 4) is 5.75 Å². The van der Waals surface area contributed by atoms with E-state index < -0.39 is 0 Å². The number of methoxy groups -OCH3 is 1. The summed E-state index contributed by atoms with van der Waals surface area (Å²) in [7, 11) is 3.60. The average Bonchev–Trinajstić information content (AvgIpc) is 3.22. The van der Waals surface area contributed by atoms with Crippen LogP contribution in [0.4, 0.5) is 5.69 Å². The van der Waals surface area contributed by atoms with Crippen molar-refractivity contribution >= 4 is 11.6 Å². The number of rotatable bonds is 4. The number of benzene rings is 1. The minimum absolute atomic E-state index is 0.251. The van der Waals surface area contributed by atoms with Crippen molar-refractivity contribution in [2.45, 2.75) is 25.0 Å². The molecule has 0 saturated carbocycles. The van der Waals surface area contributed by atoms with Gasteiger partial charge in [-0.3, -0.25) is 9.89 Å². The second-order valence-corrected chi connectivity index (χ2v) is 7.82. The summed E-state index contributed by atoms with van der Waals surface area (Å²) in [6.07, 6.45) is 2.85. The van der Waals surface area contributed by atoms with Crippen LogP contribution in [0.15, 0.2) is 29.3 Å². The van der Waals surface area contributed by atoms with E-state index in [0.29, 0.717) is 6.04 Å². The summed E-state index contributed by atoms with van der Waals surface area (Å²) in [6.45, 7) is 7.76. The summed E-state index contributed by atoms with van der Waals surface area (Å²) in [5.74, 6) is 1.92. The number of guanidine groups is 1. The Kier molecular flexibility index (Phi) is 6.22. The first-order valence-electron chi connectivity index (χ1n) is 10.5. The van der Waals surface area contributed by atoms with Gasteiger partial charge in [-0.05, 0) is 31.5 Å². The monoisotopic (exact) mass is 387 g/mol. The van der Waals surface area contributed by atoms with Crippen molar-refractivity contribution in [2.75, 3.05) is 71.5 Å². The molecule has 0 spiro atoms. The number of nitrogens with zero attached hydrogens (tertiary/aromatic N) is 4. The van der Waals surface area contributed by atoms with Crippen LogP contribution in [0.1, 0.15) is 12.8 Å². The first kappa shape index (κ1) is 19.3. The van der Waals surface area contributed by atoms with Gasteiger partial charge < -0.3 is 24.6 Å². The molecule has 0 bridgehead atoms. The van der Waals surface area contributed by atoms with Crippen molar-refractivity contribution in [1.82, 2.24) is 15.1 Å². The van der Waals surface area contributed by atoms with E-state index in [9.17, 15) is 0 Å². The Morgan fingerprint density at radius 1 is 1.21 bits per heavy atom. The smallest absolute Gasteiger partial charge is 0.193 e. The molecule has 2 atom stereocenters. The van der Waals surface area contributed by atoms with E-state index in [1.165, 1.54) is 25.1 Å². The Morgan fingerprint density at radius 2 is 2.04 bits per heavy atom. The molecule has 7 nitrogen and oxygen atoms in total. The van der Waals surface area contributed by atoms with Crippen molar-refractivity contribution in [3.05, 3.63) is 24.3 Å². The fourth-order valence-electron chi connectivity index (χ4n) is 4.60. The number of anilines is 1. The summed E-state index contributed by atoms with van der Waals surface area (Å²) in [4.78, 5) is 11.8. The fraction of sp³-hybridized carbons (Fsp3) is 0.667. The molecule has 3 heterocycles. The van der Waals surface area contributed by atoms with Crippen LogP contribution in [-0.2, 0) is 4.74 Å². The number of hydrogen-bond acceptors (Lipinski definition) is 5. The number of hydrogen-bond donors (Lipinski definition) is 1. The van der Waals surface area contributed by atoms with E-state index >= 15 is 0 Å². The third kappa shape index (κ3) is 4.20. The second kappa shape index (κ2) is 9.01. The second-order valence-electron chi connectivity index (χ2n) is 7.82. The number of ether oxygens (including phenoxy) is 2. The topological polar surface area (TPSA) is 52.6 Å². The van der Waals surface area contributed by atoms with Gasteiger partial charge in [0.05, 0.1) is 25.5 Å². The lowest BCUT2D eigenvalue weighted by molar-refractivity contribution is -0.0454. The molecule has 3 fully saturated rings. The molecule has 3 aliphatic heterocycles. The summed E-state index contributed by atoms with van der Waals surface area (Å²) in [5, 5.41) is 3.55. The van der Waals surface area contributed by atoms with E-state index in [2.05, 4.69) is 37.1 Å². The number of piperazine rings is 1. The van der Waals surface area contributed by atoms with E-state index in [1.54, 1.807) is 7.11 Å². The first-order chi connectivity index (χ1) is 13.8. The molecule has 3 aliphatic rings. The summed E-state index contributed by atoms with van der Waals surface area (Å²) < 4.78 is 11.6. The minimum atomic E-state index is 0.251. The highest BCUT2D eigenvalue weighted by Gasteiger charge is 2.32. The average molecular weight is 388 g/mol. The molecule has 0 radical (unpaired) electrons. The van der Waals surface area contributed by atoms with Crippen LogP contribution in [0.25, 0.3) is 0 Å². The molecular weight excluding hydrogens is 354 g/mol. The Morgan fingerprint density at radius 3 is 2.82 bits per heavy atom. The molecule has 154 valence electrons. The Bertz CT molecular complexity index is 675. The van der Waals surface area contributed by atoms with Gasteiger partial charge in [-0.25, -0.2) is 0 Å². The molecule has 1 N–H and O–H groups in total. The first-order valence-corrected chi connectivity index (χ1v) is 10.5. The summed E-state index contributed by atoms with van der Waals surface area (Å²) in [6, 6.07) is 8.89. The lowest BCUT2D eigenvalue weighted by atomic mass is 10.2. The maximum absolute atomic E-state index is 6.07. The highest BCUT2D eigenvalue weighted by Crippen LogP contribution is 2.28. The van der Waals surface area contributed by atoms with Gasteiger partial charge in [0.1, 0.15) is 5.75 Å². The molecule has 1 aromatic rings. The van der Waals surface area contributed by atoms with Crippen molar-refractivity contribution in [3.63, 3.8) is 0 Å². The number of aliphatic imine (C=N–C) groups is 1. The molecular formula is C21H33N5O2. The fourth-order valence-corrected chi connectivity index (χ4v) is 4.60. The molecule has 0 amide bonds. The molecule has 0 aliphatic carbocycles. The molecule has 0 aromatic heterocycles.